The quantitative estimate of drug-likeness (QED) is 0.850. The smallest absolute Gasteiger partial charge is 0.126 e. The predicted molar refractivity (Wildman–Crippen MR) is 64.0 cm³/mol. The van der Waals surface area contributed by atoms with Gasteiger partial charge < -0.3 is 15.2 Å². The second kappa shape index (κ2) is 3.67. The van der Waals surface area contributed by atoms with Gasteiger partial charge in [0.15, 0.2) is 0 Å². The third kappa shape index (κ3) is 1.55. The van der Waals surface area contributed by atoms with E-state index in [0.717, 1.165) is 11.5 Å². The minimum Gasteiger partial charge on any atom is -0.497 e. The van der Waals surface area contributed by atoms with Gasteiger partial charge in [-0.1, -0.05) is 19.9 Å². The highest BCUT2D eigenvalue weighted by Crippen LogP contribution is 2.59. The van der Waals surface area contributed by atoms with Crippen molar-refractivity contribution in [2.24, 2.45) is 11.1 Å². The van der Waals surface area contributed by atoms with Gasteiger partial charge in [-0.2, -0.15) is 0 Å². The summed E-state index contributed by atoms with van der Waals surface area (Å²) >= 11 is 0. The third-order valence-electron chi connectivity index (χ3n) is 3.69. The highest BCUT2D eigenvalue weighted by Gasteiger charge is 2.57. The van der Waals surface area contributed by atoms with Crippen molar-refractivity contribution < 1.29 is 9.47 Å². The van der Waals surface area contributed by atoms with Crippen molar-refractivity contribution in [2.75, 3.05) is 14.2 Å². The Kier molecular flexibility index (Phi) is 2.58. The summed E-state index contributed by atoms with van der Waals surface area (Å²) in [7, 11) is 3.33. The van der Waals surface area contributed by atoms with Gasteiger partial charge in [0.1, 0.15) is 11.5 Å². The monoisotopic (exact) mass is 221 g/mol. The Labute approximate surface area is 96.5 Å². The van der Waals surface area contributed by atoms with Gasteiger partial charge in [-0.05, 0) is 17.0 Å². The summed E-state index contributed by atoms with van der Waals surface area (Å²) in [5.41, 5.74) is 7.43. The Morgan fingerprint density at radius 1 is 1.19 bits per heavy atom. The van der Waals surface area contributed by atoms with Crippen molar-refractivity contribution in [2.45, 2.75) is 25.8 Å². The summed E-state index contributed by atoms with van der Waals surface area (Å²) in [6.07, 6.45) is 0. The molecule has 16 heavy (non-hydrogen) atoms. The fourth-order valence-electron chi connectivity index (χ4n) is 2.35. The molecule has 1 aliphatic carbocycles. The topological polar surface area (TPSA) is 44.5 Å². The van der Waals surface area contributed by atoms with E-state index in [4.69, 9.17) is 15.2 Å². The van der Waals surface area contributed by atoms with Crippen molar-refractivity contribution in [3.05, 3.63) is 23.8 Å². The summed E-state index contributed by atoms with van der Waals surface area (Å²) in [5.74, 6) is 2.06. The zero-order valence-electron chi connectivity index (χ0n) is 10.3. The first-order chi connectivity index (χ1) is 7.52. The van der Waals surface area contributed by atoms with Crippen LogP contribution in [0.5, 0.6) is 11.5 Å². The van der Waals surface area contributed by atoms with Crippen LogP contribution in [0.4, 0.5) is 0 Å². The number of benzene rings is 1. The van der Waals surface area contributed by atoms with E-state index in [1.807, 2.05) is 12.1 Å². The molecular weight excluding hydrogens is 202 g/mol. The van der Waals surface area contributed by atoms with E-state index >= 15 is 0 Å². The second-order valence-electron chi connectivity index (χ2n) is 4.93. The molecule has 3 nitrogen and oxygen atoms in total. The van der Waals surface area contributed by atoms with Gasteiger partial charge in [0, 0.05) is 18.0 Å². The van der Waals surface area contributed by atoms with Crippen LogP contribution in [0.2, 0.25) is 0 Å². The van der Waals surface area contributed by atoms with Gasteiger partial charge >= 0.3 is 0 Å². The average Bonchev–Trinajstić information content (AvgIpc) is 2.77. The van der Waals surface area contributed by atoms with Gasteiger partial charge in [-0.3, -0.25) is 0 Å². The van der Waals surface area contributed by atoms with Crippen LogP contribution in [-0.2, 0) is 0 Å². The Morgan fingerprint density at radius 3 is 2.25 bits per heavy atom. The molecule has 3 heteroatoms. The van der Waals surface area contributed by atoms with E-state index in [9.17, 15) is 0 Å². The number of ether oxygens (including phenoxy) is 2. The second-order valence-corrected chi connectivity index (χ2v) is 4.93. The van der Waals surface area contributed by atoms with Crippen LogP contribution >= 0.6 is 0 Å². The normalized spacial score (nSPS) is 26.3. The lowest BCUT2D eigenvalue weighted by atomic mass is 10.0. The maximum Gasteiger partial charge on any atom is 0.126 e. The molecule has 0 radical (unpaired) electrons. The zero-order valence-corrected chi connectivity index (χ0v) is 10.3. The summed E-state index contributed by atoms with van der Waals surface area (Å²) in [4.78, 5) is 0. The van der Waals surface area contributed by atoms with Gasteiger partial charge in [0.05, 0.1) is 14.2 Å². The molecule has 0 heterocycles. The maximum atomic E-state index is 6.08. The zero-order chi connectivity index (χ0) is 11.9. The van der Waals surface area contributed by atoms with Crippen molar-refractivity contribution in [3.8, 4) is 11.5 Å². The number of nitrogens with two attached hydrogens (primary N) is 1. The minimum absolute atomic E-state index is 0.169. The van der Waals surface area contributed by atoms with Crippen molar-refractivity contribution in [1.29, 1.82) is 0 Å². The minimum atomic E-state index is 0.169. The van der Waals surface area contributed by atoms with Crippen LogP contribution in [0, 0.1) is 5.41 Å². The van der Waals surface area contributed by atoms with Gasteiger partial charge in [-0.25, -0.2) is 0 Å². The van der Waals surface area contributed by atoms with E-state index in [-0.39, 0.29) is 11.5 Å². The Balaban J connectivity index is 2.36. The van der Waals surface area contributed by atoms with Crippen molar-refractivity contribution in [3.63, 3.8) is 0 Å². The van der Waals surface area contributed by atoms with Crippen LogP contribution in [0.25, 0.3) is 0 Å². The van der Waals surface area contributed by atoms with Gasteiger partial charge in [0.2, 0.25) is 0 Å². The summed E-state index contributed by atoms with van der Waals surface area (Å²) in [5, 5.41) is 0. The molecule has 0 aromatic heterocycles. The lowest BCUT2D eigenvalue weighted by Gasteiger charge is -2.11. The number of hydrogen-bond acceptors (Lipinski definition) is 3. The number of hydrogen-bond donors (Lipinski definition) is 1. The first-order valence-corrected chi connectivity index (χ1v) is 5.50. The molecule has 0 saturated heterocycles. The largest absolute Gasteiger partial charge is 0.497 e. The molecule has 88 valence electrons. The number of methoxy groups -OCH3 is 2. The lowest BCUT2D eigenvalue weighted by Crippen LogP contribution is -2.06. The van der Waals surface area contributed by atoms with Crippen molar-refractivity contribution in [1.82, 2.24) is 0 Å². The molecule has 0 unspecified atom stereocenters. The molecule has 1 fully saturated rings. The maximum absolute atomic E-state index is 6.08. The van der Waals surface area contributed by atoms with E-state index in [1.165, 1.54) is 5.56 Å². The van der Waals surface area contributed by atoms with Crippen LogP contribution < -0.4 is 15.2 Å². The molecule has 0 spiro atoms. The summed E-state index contributed by atoms with van der Waals surface area (Å²) in [6.45, 7) is 4.37. The van der Waals surface area contributed by atoms with Crippen LogP contribution in [-0.4, -0.2) is 20.3 Å². The van der Waals surface area contributed by atoms with E-state index in [0.29, 0.717) is 5.92 Å². The van der Waals surface area contributed by atoms with Crippen molar-refractivity contribution >= 4 is 0 Å². The van der Waals surface area contributed by atoms with Crippen LogP contribution in [0.1, 0.15) is 25.3 Å². The molecule has 1 aromatic carbocycles. The molecule has 0 aliphatic heterocycles. The lowest BCUT2D eigenvalue weighted by molar-refractivity contribution is 0.390. The Bertz CT molecular complexity index is 401. The van der Waals surface area contributed by atoms with Crippen LogP contribution in [0.15, 0.2) is 18.2 Å². The first-order valence-electron chi connectivity index (χ1n) is 5.50. The third-order valence-corrected chi connectivity index (χ3v) is 3.69. The molecular formula is C13H19NO2. The highest BCUT2D eigenvalue weighted by atomic mass is 16.5. The number of rotatable bonds is 3. The molecule has 0 bridgehead atoms. The van der Waals surface area contributed by atoms with E-state index < -0.39 is 0 Å². The fourth-order valence-corrected chi connectivity index (χ4v) is 2.35. The van der Waals surface area contributed by atoms with E-state index in [2.05, 4.69) is 19.9 Å². The van der Waals surface area contributed by atoms with Gasteiger partial charge in [-0.15, -0.1) is 0 Å². The fraction of sp³-hybridized carbons (Fsp3) is 0.538. The molecule has 1 aliphatic rings. The molecule has 2 atom stereocenters. The van der Waals surface area contributed by atoms with Crippen LogP contribution in [0.3, 0.4) is 0 Å². The molecule has 1 saturated carbocycles. The summed E-state index contributed by atoms with van der Waals surface area (Å²) in [6, 6.07) is 6.14. The Morgan fingerprint density at radius 2 is 1.81 bits per heavy atom. The molecule has 2 rings (SSSR count). The van der Waals surface area contributed by atoms with Gasteiger partial charge in [0.25, 0.3) is 0 Å². The summed E-state index contributed by atoms with van der Waals surface area (Å²) < 4.78 is 10.6. The molecule has 2 N–H and O–H groups in total. The first kappa shape index (κ1) is 11.3. The van der Waals surface area contributed by atoms with E-state index in [1.54, 1.807) is 14.2 Å². The SMILES string of the molecule is COc1ccc([C@@H]2[C@@H](N)C2(C)C)c(OC)c1. The Hall–Kier alpha value is -1.22. The predicted octanol–water partition coefficient (Wildman–Crippen LogP) is 2.15. The average molecular weight is 221 g/mol. The highest BCUT2D eigenvalue weighted by molar-refractivity contribution is 5.48. The molecule has 0 amide bonds. The molecule has 1 aromatic rings. The standard InChI is InChI=1S/C13H19NO2/c1-13(2)11(12(13)14)9-6-5-8(15-3)7-10(9)16-4/h5-7,11-12H,14H2,1-4H3/t11-,12-/m1/s1.